The van der Waals surface area contributed by atoms with Crippen molar-refractivity contribution in [2.24, 2.45) is 0 Å². The van der Waals surface area contributed by atoms with Crippen molar-refractivity contribution in [3.63, 3.8) is 0 Å². The van der Waals surface area contributed by atoms with E-state index >= 15 is 0 Å². The van der Waals surface area contributed by atoms with E-state index in [0.717, 1.165) is 39.7 Å². The largest absolute Gasteiger partial charge is 0.452 e. The standard InChI is InChI=1S/C23H22N2O3/c1-3-17-8-4-7-16(2)22(17)25-20(26)15-28-21(27)13-12-19-10-5-9-18-11-6-14-24-23(18)19/h4-14H,3,15H2,1-2H3,(H,25,26)/b13-12+. The lowest BCUT2D eigenvalue weighted by atomic mass is 10.1. The Hall–Kier alpha value is -3.47. The van der Waals surface area contributed by atoms with Crippen LogP contribution in [0.5, 0.6) is 0 Å². The Bertz CT molecular complexity index is 1040. The summed E-state index contributed by atoms with van der Waals surface area (Å²) in [4.78, 5) is 28.5. The highest BCUT2D eigenvalue weighted by Gasteiger charge is 2.10. The first kappa shape index (κ1) is 19.3. The number of hydrogen-bond acceptors (Lipinski definition) is 4. The smallest absolute Gasteiger partial charge is 0.331 e. The van der Waals surface area contributed by atoms with Crippen molar-refractivity contribution in [3.8, 4) is 0 Å². The molecule has 0 aliphatic rings. The van der Waals surface area contributed by atoms with E-state index in [1.165, 1.54) is 6.08 Å². The van der Waals surface area contributed by atoms with Crippen molar-refractivity contribution in [3.05, 3.63) is 77.5 Å². The molecule has 142 valence electrons. The van der Waals surface area contributed by atoms with Crippen LogP contribution >= 0.6 is 0 Å². The van der Waals surface area contributed by atoms with E-state index in [9.17, 15) is 9.59 Å². The molecule has 1 aromatic heterocycles. The zero-order valence-corrected chi connectivity index (χ0v) is 15.9. The molecule has 1 amide bonds. The van der Waals surface area contributed by atoms with Crippen molar-refractivity contribution in [1.29, 1.82) is 0 Å². The number of amides is 1. The summed E-state index contributed by atoms with van der Waals surface area (Å²) in [6.07, 6.45) is 5.46. The average molecular weight is 374 g/mol. The SMILES string of the molecule is CCc1cccc(C)c1NC(=O)COC(=O)/C=C/c1cccc2cccnc12. The molecule has 5 heteroatoms. The van der Waals surface area contributed by atoms with Crippen molar-refractivity contribution in [1.82, 2.24) is 4.98 Å². The number of nitrogens with zero attached hydrogens (tertiary/aromatic N) is 1. The summed E-state index contributed by atoms with van der Waals surface area (Å²) in [6, 6.07) is 15.4. The summed E-state index contributed by atoms with van der Waals surface area (Å²) in [5.74, 6) is -0.943. The molecule has 0 bridgehead atoms. The molecule has 0 aliphatic carbocycles. The Morgan fingerprint density at radius 3 is 2.71 bits per heavy atom. The average Bonchev–Trinajstić information content (AvgIpc) is 2.72. The highest BCUT2D eigenvalue weighted by atomic mass is 16.5. The van der Waals surface area contributed by atoms with Gasteiger partial charge in [0, 0.05) is 28.9 Å². The van der Waals surface area contributed by atoms with Gasteiger partial charge in [-0.3, -0.25) is 9.78 Å². The third-order valence-electron chi connectivity index (χ3n) is 4.41. The van der Waals surface area contributed by atoms with Crippen LogP contribution in [-0.4, -0.2) is 23.5 Å². The number of aromatic nitrogens is 1. The third-order valence-corrected chi connectivity index (χ3v) is 4.41. The topological polar surface area (TPSA) is 68.3 Å². The zero-order chi connectivity index (χ0) is 19.9. The normalized spacial score (nSPS) is 10.9. The number of rotatable bonds is 6. The minimum atomic E-state index is -0.580. The number of benzene rings is 2. The molecule has 2 aromatic carbocycles. The Labute approximate surface area is 164 Å². The molecular weight excluding hydrogens is 352 g/mol. The van der Waals surface area contributed by atoms with Gasteiger partial charge in [-0.25, -0.2) is 4.79 Å². The molecule has 0 radical (unpaired) electrons. The van der Waals surface area contributed by atoms with Crippen LogP contribution in [0.15, 0.2) is 60.8 Å². The fourth-order valence-corrected chi connectivity index (χ4v) is 2.98. The fraction of sp³-hybridized carbons (Fsp3) is 0.174. The van der Waals surface area contributed by atoms with Gasteiger partial charge in [0.1, 0.15) is 0 Å². The molecule has 0 saturated heterocycles. The van der Waals surface area contributed by atoms with Crippen LogP contribution in [0.2, 0.25) is 0 Å². The van der Waals surface area contributed by atoms with E-state index < -0.39 is 5.97 Å². The molecule has 0 aliphatic heterocycles. The van der Waals surface area contributed by atoms with E-state index in [-0.39, 0.29) is 12.5 Å². The van der Waals surface area contributed by atoms with E-state index in [2.05, 4.69) is 10.3 Å². The molecule has 0 saturated carbocycles. The van der Waals surface area contributed by atoms with Crippen molar-refractivity contribution in [2.75, 3.05) is 11.9 Å². The number of anilines is 1. The second-order valence-corrected chi connectivity index (χ2v) is 6.37. The van der Waals surface area contributed by atoms with E-state index in [4.69, 9.17) is 4.74 Å². The van der Waals surface area contributed by atoms with Crippen LogP contribution in [0.3, 0.4) is 0 Å². The van der Waals surface area contributed by atoms with Crippen LogP contribution in [-0.2, 0) is 20.7 Å². The van der Waals surface area contributed by atoms with Crippen LogP contribution < -0.4 is 5.32 Å². The Morgan fingerprint density at radius 2 is 1.89 bits per heavy atom. The molecule has 1 heterocycles. The van der Waals surface area contributed by atoms with Gasteiger partial charge < -0.3 is 10.1 Å². The number of hydrogen-bond donors (Lipinski definition) is 1. The second-order valence-electron chi connectivity index (χ2n) is 6.37. The Balaban J connectivity index is 1.60. The Morgan fingerprint density at radius 1 is 1.11 bits per heavy atom. The molecule has 5 nitrogen and oxygen atoms in total. The van der Waals surface area contributed by atoms with Crippen LogP contribution in [0.25, 0.3) is 17.0 Å². The number of carbonyl (C=O) groups excluding carboxylic acids is 2. The molecular formula is C23H22N2O3. The van der Waals surface area contributed by atoms with Gasteiger partial charge in [0.2, 0.25) is 0 Å². The molecule has 3 aromatic rings. The number of ether oxygens (including phenoxy) is 1. The number of esters is 1. The van der Waals surface area contributed by atoms with Crippen LogP contribution in [0.1, 0.15) is 23.6 Å². The molecule has 0 atom stereocenters. The monoisotopic (exact) mass is 374 g/mol. The minimum Gasteiger partial charge on any atom is -0.452 e. The van der Waals surface area contributed by atoms with Crippen LogP contribution in [0, 0.1) is 6.92 Å². The molecule has 0 unspecified atom stereocenters. The summed E-state index contributed by atoms with van der Waals surface area (Å²) in [7, 11) is 0. The lowest BCUT2D eigenvalue weighted by molar-refractivity contribution is -0.142. The van der Waals surface area contributed by atoms with E-state index in [1.807, 2.05) is 62.4 Å². The maximum Gasteiger partial charge on any atom is 0.331 e. The van der Waals surface area contributed by atoms with Gasteiger partial charge in [-0.05, 0) is 36.6 Å². The first-order valence-corrected chi connectivity index (χ1v) is 9.15. The van der Waals surface area contributed by atoms with Gasteiger partial charge in [-0.1, -0.05) is 49.4 Å². The number of pyridine rings is 1. The highest BCUT2D eigenvalue weighted by Crippen LogP contribution is 2.21. The van der Waals surface area contributed by atoms with Crippen molar-refractivity contribution < 1.29 is 14.3 Å². The predicted octanol–water partition coefficient (Wildman–Crippen LogP) is 4.30. The first-order chi connectivity index (χ1) is 13.6. The summed E-state index contributed by atoms with van der Waals surface area (Å²) in [5, 5.41) is 3.82. The van der Waals surface area contributed by atoms with Crippen LogP contribution in [0.4, 0.5) is 5.69 Å². The summed E-state index contributed by atoms with van der Waals surface area (Å²) in [6.45, 7) is 3.62. The number of aryl methyl sites for hydroxylation is 2. The minimum absolute atomic E-state index is 0.339. The van der Waals surface area contributed by atoms with Gasteiger partial charge in [-0.15, -0.1) is 0 Å². The van der Waals surface area contributed by atoms with Gasteiger partial charge in [0.15, 0.2) is 6.61 Å². The van der Waals surface area contributed by atoms with Gasteiger partial charge >= 0.3 is 5.97 Å². The number of nitrogens with one attached hydrogen (secondary N) is 1. The summed E-state index contributed by atoms with van der Waals surface area (Å²) in [5.41, 5.74) is 4.42. The third kappa shape index (κ3) is 4.62. The second kappa shape index (κ2) is 8.95. The lowest BCUT2D eigenvalue weighted by Crippen LogP contribution is -2.21. The molecule has 1 N–H and O–H groups in total. The van der Waals surface area contributed by atoms with Crippen molar-refractivity contribution in [2.45, 2.75) is 20.3 Å². The van der Waals surface area contributed by atoms with Gasteiger partial charge in [0.25, 0.3) is 5.91 Å². The summed E-state index contributed by atoms with van der Waals surface area (Å²) >= 11 is 0. The zero-order valence-electron chi connectivity index (χ0n) is 15.9. The first-order valence-electron chi connectivity index (χ1n) is 9.15. The summed E-state index contributed by atoms with van der Waals surface area (Å²) < 4.78 is 5.07. The highest BCUT2D eigenvalue weighted by molar-refractivity contribution is 5.96. The maximum absolute atomic E-state index is 12.2. The van der Waals surface area contributed by atoms with E-state index in [1.54, 1.807) is 12.3 Å². The molecule has 28 heavy (non-hydrogen) atoms. The quantitative estimate of drug-likeness (QED) is 0.516. The van der Waals surface area contributed by atoms with Gasteiger partial charge in [-0.2, -0.15) is 0 Å². The molecule has 3 rings (SSSR count). The number of fused-ring (bicyclic) bond motifs is 1. The maximum atomic E-state index is 12.2. The predicted molar refractivity (Wildman–Crippen MR) is 111 cm³/mol. The molecule has 0 fully saturated rings. The van der Waals surface area contributed by atoms with Crippen molar-refractivity contribution >= 4 is 34.5 Å². The number of para-hydroxylation sites is 2. The number of carbonyl (C=O) groups is 2. The van der Waals surface area contributed by atoms with E-state index in [0.29, 0.717) is 0 Å². The molecule has 0 spiro atoms. The van der Waals surface area contributed by atoms with Gasteiger partial charge in [0.05, 0.1) is 5.52 Å². The Kier molecular flexibility index (Phi) is 6.17. The lowest BCUT2D eigenvalue weighted by Gasteiger charge is -2.12. The fourth-order valence-electron chi connectivity index (χ4n) is 2.98.